The van der Waals surface area contributed by atoms with Crippen LogP contribution >= 0.6 is 0 Å². The van der Waals surface area contributed by atoms with Crippen LogP contribution in [-0.4, -0.2) is 47.7 Å². The summed E-state index contributed by atoms with van der Waals surface area (Å²) < 4.78 is 5.50. The van der Waals surface area contributed by atoms with Gasteiger partial charge in [-0.3, -0.25) is 9.59 Å². The Kier molecular flexibility index (Phi) is 4.58. The molecule has 1 N–H and O–H groups in total. The molecule has 0 unspecified atom stereocenters. The van der Waals surface area contributed by atoms with Gasteiger partial charge in [0, 0.05) is 19.5 Å². The molecular formula is C13H21NO4. The van der Waals surface area contributed by atoms with Gasteiger partial charge in [-0.25, -0.2) is 0 Å². The van der Waals surface area contributed by atoms with Crippen LogP contribution in [0, 0.1) is 5.92 Å². The van der Waals surface area contributed by atoms with Crippen LogP contribution in [0.5, 0.6) is 0 Å². The lowest BCUT2D eigenvalue weighted by molar-refractivity contribution is -0.139. The van der Waals surface area contributed by atoms with Gasteiger partial charge in [0.15, 0.2) is 0 Å². The fourth-order valence-electron chi connectivity index (χ4n) is 2.28. The van der Waals surface area contributed by atoms with Gasteiger partial charge >= 0.3 is 5.97 Å². The number of carbonyl (C=O) groups excluding carboxylic acids is 1. The number of carboxylic acids is 1. The second-order valence-electron chi connectivity index (χ2n) is 5.24. The quantitative estimate of drug-likeness (QED) is 0.776. The van der Waals surface area contributed by atoms with Crippen molar-refractivity contribution in [1.29, 1.82) is 0 Å². The van der Waals surface area contributed by atoms with E-state index in [1.54, 1.807) is 0 Å². The summed E-state index contributed by atoms with van der Waals surface area (Å²) in [6, 6.07) is 0. The number of aliphatic carboxylic acids is 1. The van der Waals surface area contributed by atoms with E-state index in [-0.39, 0.29) is 25.0 Å². The zero-order valence-corrected chi connectivity index (χ0v) is 10.6. The highest BCUT2D eigenvalue weighted by Crippen LogP contribution is 2.33. The highest BCUT2D eigenvalue weighted by Gasteiger charge is 2.29. The molecule has 1 amide bonds. The second kappa shape index (κ2) is 6.18. The van der Waals surface area contributed by atoms with Crippen molar-refractivity contribution in [3.63, 3.8) is 0 Å². The highest BCUT2D eigenvalue weighted by molar-refractivity contribution is 5.76. The summed E-state index contributed by atoms with van der Waals surface area (Å²) in [5.41, 5.74) is 0. The van der Waals surface area contributed by atoms with E-state index in [1.165, 1.54) is 12.8 Å². The first-order chi connectivity index (χ1) is 8.65. The van der Waals surface area contributed by atoms with Gasteiger partial charge in [-0.15, -0.1) is 0 Å². The summed E-state index contributed by atoms with van der Waals surface area (Å²) >= 11 is 0. The third kappa shape index (κ3) is 4.29. The van der Waals surface area contributed by atoms with Gasteiger partial charge in [0.25, 0.3) is 0 Å². The summed E-state index contributed by atoms with van der Waals surface area (Å²) in [7, 11) is 0. The molecule has 0 aromatic heterocycles. The first kappa shape index (κ1) is 13.3. The number of hydrogen-bond acceptors (Lipinski definition) is 3. The summed E-state index contributed by atoms with van der Waals surface area (Å²) in [5, 5.41) is 8.51. The number of ether oxygens (including phenoxy) is 1. The zero-order valence-electron chi connectivity index (χ0n) is 10.6. The SMILES string of the molecule is O=C(O)CCOC1CCN(C(=O)CC2CC2)CC1. The molecular weight excluding hydrogens is 234 g/mol. The normalized spacial score (nSPS) is 21.0. The van der Waals surface area contributed by atoms with E-state index in [1.807, 2.05) is 4.90 Å². The predicted molar refractivity (Wildman–Crippen MR) is 65.1 cm³/mol. The van der Waals surface area contributed by atoms with Crippen LogP contribution in [0.4, 0.5) is 0 Å². The molecule has 2 aliphatic rings. The van der Waals surface area contributed by atoms with Gasteiger partial charge in [0.05, 0.1) is 19.1 Å². The largest absolute Gasteiger partial charge is 0.481 e. The van der Waals surface area contributed by atoms with Gasteiger partial charge < -0.3 is 14.7 Å². The Morgan fingerprint density at radius 1 is 1.17 bits per heavy atom. The molecule has 2 rings (SSSR count). The molecule has 1 aliphatic carbocycles. The molecule has 0 radical (unpaired) electrons. The fraction of sp³-hybridized carbons (Fsp3) is 0.846. The van der Waals surface area contributed by atoms with Crippen molar-refractivity contribution in [2.45, 2.75) is 44.6 Å². The predicted octanol–water partition coefficient (Wildman–Crippen LogP) is 1.27. The van der Waals surface area contributed by atoms with Crippen LogP contribution in [0.15, 0.2) is 0 Å². The Bertz CT molecular complexity index is 306. The van der Waals surface area contributed by atoms with Crippen molar-refractivity contribution in [3.05, 3.63) is 0 Å². The minimum absolute atomic E-state index is 0.0564. The third-order valence-electron chi connectivity index (χ3n) is 3.62. The summed E-state index contributed by atoms with van der Waals surface area (Å²) in [6.07, 6.45) is 4.97. The summed E-state index contributed by atoms with van der Waals surface area (Å²) in [5.74, 6) is 0.0931. The third-order valence-corrected chi connectivity index (χ3v) is 3.62. The topological polar surface area (TPSA) is 66.8 Å². The van der Waals surface area contributed by atoms with E-state index >= 15 is 0 Å². The van der Waals surface area contributed by atoms with E-state index in [2.05, 4.69) is 0 Å². The molecule has 102 valence electrons. The lowest BCUT2D eigenvalue weighted by atomic mass is 10.1. The smallest absolute Gasteiger partial charge is 0.305 e. The molecule has 1 saturated heterocycles. The van der Waals surface area contributed by atoms with Crippen molar-refractivity contribution in [1.82, 2.24) is 4.90 Å². The number of carboxylic acid groups (broad SMARTS) is 1. The maximum absolute atomic E-state index is 11.9. The van der Waals surface area contributed by atoms with E-state index < -0.39 is 5.97 Å². The molecule has 0 aromatic carbocycles. The second-order valence-corrected chi connectivity index (χ2v) is 5.24. The van der Waals surface area contributed by atoms with E-state index in [4.69, 9.17) is 9.84 Å². The Hall–Kier alpha value is -1.10. The van der Waals surface area contributed by atoms with E-state index in [9.17, 15) is 9.59 Å². The Morgan fingerprint density at radius 2 is 1.83 bits per heavy atom. The summed E-state index contributed by atoms with van der Waals surface area (Å²) in [4.78, 5) is 24.1. The van der Waals surface area contributed by atoms with Crippen LogP contribution in [0.2, 0.25) is 0 Å². The number of carbonyl (C=O) groups is 2. The lowest BCUT2D eigenvalue weighted by Crippen LogP contribution is -2.41. The first-order valence-electron chi connectivity index (χ1n) is 6.76. The van der Waals surface area contributed by atoms with Gasteiger partial charge in [-0.2, -0.15) is 0 Å². The monoisotopic (exact) mass is 255 g/mol. The Morgan fingerprint density at radius 3 is 2.39 bits per heavy atom. The van der Waals surface area contributed by atoms with Gasteiger partial charge in [-0.1, -0.05) is 0 Å². The molecule has 5 nitrogen and oxygen atoms in total. The molecule has 1 saturated carbocycles. The van der Waals surface area contributed by atoms with Crippen LogP contribution < -0.4 is 0 Å². The van der Waals surface area contributed by atoms with Crippen LogP contribution in [0.3, 0.4) is 0 Å². The number of likely N-dealkylation sites (tertiary alicyclic amines) is 1. The molecule has 1 aliphatic heterocycles. The maximum Gasteiger partial charge on any atom is 0.305 e. The minimum Gasteiger partial charge on any atom is -0.481 e. The highest BCUT2D eigenvalue weighted by atomic mass is 16.5. The maximum atomic E-state index is 11.9. The zero-order chi connectivity index (χ0) is 13.0. The molecule has 1 heterocycles. The van der Waals surface area contributed by atoms with Gasteiger partial charge in [0.1, 0.15) is 0 Å². The molecule has 18 heavy (non-hydrogen) atoms. The van der Waals surface area contributed by atoms with Crippen molar-refractivity contribution in [3.8, 4) is 0 Å². The first-order valence-corrected chi connectivity index (χ1v) is 6.76. The lowest BCUT2D eigenvalue weighted by Gasteiger charge is -2.32. The molecule has 5 heteroatoms. The van der Waals surface area contributed by atoms with Crippen molar-refractivity contribution in [2.75, 3.05) is 19.7 Å². The minimum atomic E-state index is -0.827. The van der Waals surface area contributed by atoms with Crippen LogP contribution in [0.25, 0.3) is 0 Å². The van der Waals surface area contributed by atoms with E-state index in [0.717, 1.165) is 25.9 Å². The van der Waals surface area contributed by atoms with Gasteiger partial charge in [0.2, 0.25) is 5.91 Å². The van der Waals surface area contributed by atoms with E-state index in [0.29, 0.717) is 12.3 Å². The van der Waals surface area contributed by atoms with Gasteiger partial charge in [-0.05, 0) is 31.6 Å². The number of piperidine rings is 1. The number of hydrogen-bond donors (Lipinski definition) is 1. The average Bonchev–Trinajstić information content (AvgIpc) is 3.13. The molecule has 0 aromatic rings. The molecule has 0 bridgehead atoms. The van der Waals surface area contributed by atoms with Crippen molar-refractivity contribution in [2.24, 2.45) is 5.92 Å². The standard InChI is InChI=1S/C13H21NO4/c15-12(9-10-1-2-10)14-6-3-11(4-7-14)18-8-5-13(16)17/h10-11H,1-9H2,(H,16,17). The number of rotatable bonds is 6. The molecule has 0 atom stereocenters. The Balaban J connectivity index is 1.61. The van der Waals surface area contributed by atoms with Crippen LogP contribution in [0.1, 0.15) is 38.5 Å². The van der Waals surface area contributed by atoms with Crippen molar-refractivity contribution >= 4 is 11.9 Å². The summed E-state index contributed by atoms with van der Waals surface area (Å²) in [6.45, 7) is 1.78. The average molecular weight is 255 g/mol. The molecule has 0 spiro atoms. The number of amides is 1. The fourth-order valence-corrected chi connectivity index (χ4v) is 2.28. The van der Waals surface area contributed by atoms with Crippen LogP contribution in [-0.2, 0) is 14.3 Å². The Labute approximate surface area is 107 Å². The van der Waals surface area contributed by atoms with Crippen molar-refractivity contribution < 1.29 is 19.4 Å². The molecule has 2 fully saturated rings. The number of nitrogens with zero attached hydrogens (tertiary/aromatic N) is 1.